The Hall–Kier alpha value is -1.74. The molecule has 0 heterocycles. The summed E-state index contributed by atoms with van der Waals surface area (Å²) in [6.45, 7) is 0. The lowest BCUT2D eigenvalue weighted by molar-refractivity contribution is 0.0697. The van der Waals surface area contributed by atoms with E-state index in [1.54, 1.807) is 17.8 Å². The van der Waals surface area contributed by atoms with Gasteiger partial charge in [-0.3, -0.25) is 0 Å². The van der Waals surface area contributed by atoms with E-state index in [2.05, 4.69) is 0 Å². The monoisotopic (exact) mass is 244 g/mol. The van der Waals surface area contributed by atoms with Gasteiger partial charge in [-0.15, -0.1) is 11.8 Å². The van der Waals surface area contributed by atoms with E-state index < -0.39 is 5.97 Å². The number of carbonyl (C=O) groups is 1. The van der Waals surface area contributed by atoms with Gasteiger partial charge in [-0.2, -0.15) is 0 Å². The van der Waals surface area contributed by atoms with Crippen molar-refractivity contribution in [3.05, 3.63) is 54.1 Å². The van der Waals surface area contributed by atoms with E-state index in [9.17, 15) is 9.90 Å². The van der Waals surface area contributed by atoms with E-state index in [-0.39, 0.29) is 0 Å². The first kappa shape index (κ1) is 11.7. The van der Waals surface area contributed by atoms with Gasteiger partial charge in [-0.05, 0) is 29.5 Å². The zero-order valence-electron chi connectivity index (χ0n) is 9.38. The highest BCUT2D eigenvalue weighted by molar-refractivity contribution is 7.98. The smallest absolute Gasteiger partial charge is 0.336 e. The van der Waals surface area contributed by atoms with Gasteiger partial charge in [0, 0.05) is 4.90 Å². The van der Waals surface area contributed by atoms with E-state index in [1.807, 2.05) is 48.7 Å². The first-order chi connectivity index (χ1) is 8.22. The van der Waals surface area contributed by atoms with Gasteiger partial charge < -0.3 is 5.11 Å². The summed E-state index contributed by atoms with van der Waals surface area (Å²) in [5, 5.41) is 9.24. The molecule has 0 radical (unpaired) electrons. The molecule has 0 aliphatic heterocycles. The van der Waals surface area contributed by atoms with Crippen molar-refractivity contribution in [3.8, 4) is 11.1 Å². The topological polar surface area (TPSA) is 37.3 Å². The quantitative estimate of drug-likeness (QED) is 0.835. The first-order valence-electron chi connectivity index (χ1n) is 5.19. The van der Waals surface area contributed by atoms with Gasteiger partial charge in [-0.25, -0.2) is 4.79 Å². The van der Waals surface area contributed by atoms with Gasteiger partial charge in [0.1, 0.15) is 0 Å². The molecule has 1 N–H and O–H groups in total. The average molecular weight is 244 g/mol. The molecule has 3 heteroatoms. The Bertz CT molecular complexity index is 535. The van der Waals surface area contributed by atoms with E-state index in [4.69, 9.17) is 0 Å². The molecule has 0 aliphatic rings. The number of hydrogen-bond donors (Lipinski definition) is 1. The Morgan fingerprint density at radius 2 is 1.82 bits per heavy atom. The van der Waals surface area contributed by atoms with Gasteiger partial charge >= 0.3 is 5.97 Å². The molecule has 2 aromatic rings. The van der Waals surface area contributed by atoms with Crippen LogP contribution in [0.4, 0.5) is 0 Å². The third-order valence-corrected chi connectivity index (χ3v) is 3.27. The highest BCUT2D eigenvalue weighted by atomic mass is 32.2. The fraction of sp³-hybridized carbons (Fsp3) is 0.0714. The van der Waals surface area contributed by atoms with Crippen molar-refractivity contribution in [1.82, 2.24) is 0 Å². The molecular formula is C14H12O2S. The molecular weight excluding hydrogens is 232 g/mol. The molecule has 0 aromatic heterocycles. The van der Waals surface area contributed by atoms with Gasteiger partial charge in [0.2, 0.25) is 0 Å². The van der Waals surface area contributed by atoms with Gasteiger partial charge in [0.05, 0.1) is 5.56 Å². The fourth-order valence-corrected chi connectivity index (χ4v) is 2.14. The van der Waals surface area contributed by atoms with Crippen LogP contribution < -0.4 is 0 Å². The molecule has 2 aromatic carbocycles. The predicted molar refractivity (Wildman–Crippen MR) is 70.6 cm³/mol. The summed E-state index contributed by atoms with van der Waals surface area (Å²) >= 11 is 1.54. The summed E-state index contributed by atoms with van der Waals surface area (Å²) in [6.07, 6.45) is 1.93. The van der Waals surface area contributed by atoms with Crippen LogP contribution in [0.15, 0.2) is 53.4 Å². The minimum absolute atomic E-state index is 0.350. The van der Waals surface area contributed by atoms with Crippen LogP contribution in [0.5, 0.6) is 0 Å². The Labute approximate surface area is 104 Å². The lowest BCUT2D eigenvalue weighted by Crippen LogP contribution is -1.99. The molecule has 17 heavy (non-hydrogen) atoms. The summed E-state index contributed by atoms with van der Waals surface area (Å²) in [5.41, 5.74) is 2.04. The number of carboxylic acid groups (broad SMARTS) is 1. The number of benzene rings is 2. The molecule has 0 bridgehead atoms. The maximum atomic E-state index is 11.3. The number of hydrogen-bond acceptors (Lipinski definition) is 2. The second-order valence-electron chi connectivity index (χ2n) is 3.58. The van der Waals surface area contributed by atoms with Crippen LogP contribution in [0.3, 0.4) is 0 Å². The molecule has 0 atom stereocenters. The first-order valence-corrected chi connectivity index (χ1v) is 6.41. The van der Waals surface area contributed by atoms with Crippen molar-refractivity contribution >= 4 is 17.7 Å². The molecule has 2 nitrogen and oxygen atoms in total. The second-order valence-corrected chi connectivity index (χ2v) is 4.46. The maximum Gasteiger partial charge on any atom is 0.336 e. The highest BCUT2D eigenvalue weighted by Gasteiger charge is 2.12. The molecule has 0 saturated carbocycles. The fourth-order valence-electron chi connectivity index (χ4n) is 1.70. The predicted octanol–water partition coefficient (Wildman–Crippen LogP) is 3.77. The molecule has 2 rings (SSSR count). The maximum absolute atomic E-state index is 11.3. The van der Waals surface area contributed by atoms with Crippen LogP contribution in [0, 0.1) is 0 Å². The van der Waals surface area contributed by atoms with Crippen molar-refractivity contribution in [1.29, 1.82) is 0 Å². The zero-order valence-corrected chi connectivity index (χ0v) is 10.2. The van der Waals surface area contributed by atoms with Gasteiger partial charge in [0.25, 0.3) is 0 Å². The molecule has 0 aliphatic carbocycles. The Kier molecular flexibility index (Phi) is 3.49. The van der Waals surface area contributed by atoms with Crippen molar-refractivity contribution in [2.75, 3.05) is 6.26 Å². The lowest BCUT2D eigenvalue weighted by Gasteiger charge is -2.07. The number of thioether (sulfide) groups is 1. The van der Waals surface area contributed by atoms with Gasteiger partial charge in [-0.1, -0.05) is 36.4 Å². The molecule has 0 saturated heterocycles. The summed E-state index contributed by atoms with van der Waals surface area (Å²) in [5.74, 6) is -0.889. The SMILES string of the molecule is CSc1ccc(-c2ccccc2)c(C(=O)O)c1. The van der Waals surface area contributed by atoms with Crippen molar-refractivity contribution < 1.29 is 9.90 Å². The summed E-state index contributed by atoms with van der Waals surface area (Å²) in [4.78, 5) is 12.2. The minimum atomic E-state index is -0.889. The Morgan fingerprint density at radius 3 is 2.41 bits per heavy atom. The van der Waals surface area contributed by atoms with E-state index in [1.165, 1.54) is 0 Å². The Balaban J connectivity index is 2.58. The molecule has 0 fully saturated rings. The van der Waals surface area contributed by atoms with E-state index in [0.717, 1.165) is 16.0 Å². The third kappa shape index (κ3) is 2.50. The average Bonchev–Trinajstić information content (AvgIpc) is 2.39. The summed E-state index contributed by atoms with van der Waals surface area (Å²) in [7, 11) is 0. The molecule has 0 unspecified atom stereocenters. The molecule has 86 valence electrons. The van der Waals surface area contributed by atoms with Crippen LogP contribution >= 0.6 is 11.8 Å². The molecule has 0 amide bonds. The zero-order chi connectivity index (χ0) is 12.3. The lowest BCUT2D eigenvalue weighted by atomic mass is 10.00. The van der Waals surface area contributed by atoms with Crippen molar-refractivity contribution in [3.63, 3.8) is 0 Å². The third-order valence-electron chi connectivity index (χ3n) is 2.54. The normalized spacial score (nSPS) is 10.2. The standard InChI is InChI=1S/C14H12O2S/c1-17-11-7-8-12(13(9-11)14(15)16)10-5-3-2-4-6-10/h2-9H,1H3,(H,15,16). The summed E-state index contributed by atoms with van der Waals surface area (Å²) in [6, 6.07) is 15.1. The number of aromatic carboxylic acids is 1. The van der Waals surface area contributed by atoms with Crippen LogP contribution in [-0.2, 0) is 0 Å². The van der Waals surface area contributed by atoms with Crippen molar-refractivity contribution in [2.45, 2.75) is 4.90 Å². The van der Waals surface area contributed by atoms with E-state index in [0.29, 0.717) is 5.56 Å². The molecule has 0 spiro atoms. The van der Waals surface area contributed by atoms with E-state index >= 15 is 0 Å². The van der Waals surface area contributed by atoms with Crippen LogP contribution in [0.2, 0.25) is 0 Å². The van der Waals surface area contributed by atoms with Crippen molar-refractivity contribution in [2.24, 2.45) is 0 Å². The highest BCUT2D eigenvalue weighted by Crippen LogP contribution is 2.27. The number of carboxylic acids is 1. The summed E-state index contributed by atoms with van der Waals surface area (Å²) < 4.78 is 0. The van der Waals surface area contributed by atoms with Crippen LogP contribution in [-0.4, -0.2) is 17.3 Å². The van der Waals surface area contributed by atoms with Crippen LogP contribution in [0.1, 0.15) is 10.4 Å². The van der Waals surface area contributed by atoms with Gasteiger partial charge in [0.15, 0.2) is 0 Å². The largest absolute Gasteiger partial charge is 0.478 e. The second kappa shape index (κ2) is 5.06. The minimum Gasteiger partial charge on any atom is -0.478 e. The Morgan fingerprint density at radius 1 is 1.12 bits per heavy atom. The van der Waals surface area contributed by atoms with Crippen LogP contribution in [0.25, 0.3) is 11.1 Å². The number of rotatable bonds is 3.